The van der Waals surface area contributed by atoms with Gasteiger partial charge in [-0.2, -0.15) is 4.68 Å². The first kappa shape index (κ1) is 16.4. The van der Waals surface area contributed by atoms with Gasteiger partial charge >= 0.3 is 5.97 Å². The largest absolute Gasteiger partial charge is 0.481 e. The zero-order chi connectivity index (χ0) is 17.4. The molecule has 128 valence electrons. The maximum absolute atomic E-state index is 11.1. The second-order valence-corrected chi connectivity index (χ2v) is 7.64. The van der Waals surface area contributed by atoms with E-state index in [0.717, 1.165) is 27.9 Å². The first-order valence-corrected chi connectivity index (χ1v) is 9.24. The molecule has 2 heterocycles. The van der Waals surface area contributed by atoms with Crippen molar-refractivity contribution in [3.63, 3.8) is 0 Å². The highest BCUT2D eigenvalue weighted by molar-refractivity contribution is 14.1. The Kier molecular flexibility index (Phi) is 4.36. The van der Waals surface area contributed by atoms with Gasteiger partial charge in [0, 0.05) is 9.99 Å². The van der Waals surface area contributed by atoms with Crippen molar-refractivity contribution in [2.24, 2.45) is 11.8 Å². The summed E-state index contributed by atoms with van der Waals surface area (Å²) in [4.78, 5) is 20.1. The Morgan fingerprint density at radius 2 is 2.08 bits per heavy atom. The SMILES string of the molecule is O=C(O)[C@H]1CC[C@@H](Cc2ncc3nnn(-c4ccc(I)cc4)c3n2)C1. The molecule has 25 heavy (non-hydrogen) atoms. The standard InChI is InChI=1S/C17H16IN5O2/c18-12-3-5-13(6-4-12)23-16-14(21-22-23)9-19-15(20-16)8-10-1-2-11(7-10)17(24)25/h3-6,9-11H,1-2,7-8H2,(H,24,25)/t10-,11+/m1/s1. The van der Waals surface area contributed by atoms with Crippen LogP contribution in [-0.2, 0) is 11.2 Å². The van der Waals surface area contributed by atoms with Crippen LogP contribution in [0.1, 0.15) is 25.1 Å². The molecule has 1 aliphatic carbocycles. The molecule has 1 aromatic carbocycles. The van der Waals surface area contributed by atoms with Crippen molar-refractivity contribution < 1.29 is 9.90 Å². The lowest BCUT2D eigenvalue weighted by Gasteiger charge is -2.08. The van der Waals surface area contributed by atoms with Crippen molar-refractivity contribution in [3.05, 3.63) is 39.9 Å². The lowest BCUT2D eigenvalue weighted by atomic mass is 10.0. The van der Waals surface area contributed by atoms with Crippen LogP contribution in [0.25, 0.3) is 16.9 Å². The maximum atomic E-state index is 11.1. The van der Waals surface area contributed by atoms with Crippen molar-refractivity contribution in [2.45, 2.75) is 25.7 Å². The van der Waals surface area contributed by atoms with Gasteiger partial charge in [-0.05, 0) is 72.0 Å². The Balaban J connectivity index is 1.60. The second kappa shape index (κ2) is 6.66. The van der Waals surface area contributed by atoms with Gasteiger partial charge in [0.1, 0.15) is 5.82 Å². The molecule has 0 aliphatic heterocycles. The fourth-order valence-electron chi connectivity index (χ4n) is 3.36. The van der Waals surface area contributed by atoms with E-state index in [2.05, 4.69) is 42.9 Å². The van der Waals surface area contributed by atoms with Crippen molar-refractivity contribution in [1.29, 1.82) is 0 Å². The second-order valence-electron chi connectivity index (χ2n) is 6.39. The minimum Gasteiger partial charge on any atom is -0.481 e. The van der Waals surface area contributed by atoms with E-state index < -0.39 is 5.97 Å². The summed E-state index contributed by atoms with van der Waals surface area (Å²) in [6, 6.07) is 7.98. The lowest BCUT2D eigenvalue weighted by molar-refractivity contribution is -0.141. The van der Waals surface area contributed by atoms with E-state index in [9.17, 15) is 4.79 Å². The lowest BCUT2D eigenvalue weighted by Crippen LogP contribution is -2.11. The quantitative estimate of drug-likeness (QED) is 0.616. The average molecular weight is 449 g/mol. The molecule has 1 saturated carbocycles. The van der Waals surface area contributed by atoms with E-state index in [1.165, 1.54) is 0 Å². The normalized spacial score (nSPS) is 20.2. The molecule has 0 spiro atoms. The van der Waals surface area contributed by atoms with Gasteiger partial charge in [-0.15, -0.1) is 5.10 Å². The molecule has 8 heteroatoms. The molecule has 0 saturated heterocycles. The summed E-state index contributed by atoms with van der Waals surface area (Å²) in [7, 11) is 0. The molecular formula is C17H16IN5O2. The molecular weight excluding hydrogens is 433 g/mol. The van der Waals surface area contributed by atoms with Gasteiger partial charge in [-0.25, -0.2) is 9.97 Å². The monoisotopic (exact) mass is 449 g/mol. The molecule has 1 aliphatic rings. The summed E-state index contributed by atoms with van der Waals surface area (Å²) in [5, 5.41) is 17.5. The zero-order valence-corrected chi connectivity index (χ0v) is 15.5. The van der Waals surface area contributed by atoms with Gasteiger partial charge < -0.3 is 5.11 Å². The highest BCUT2D eigenvalue weighted by atomic mass is 127. The molecule has 0 radical (unpaired) electrons. The average Bonchev–Trinajstić information content (AvgIpc) is 3.22. The molecule has 2 atom stereocenters. The molecule has 0 unspecified atom stereocenters. The van der Waals surface area contributed by atoms with Crippen LogP contribution in [0.5, 0.6) is 0 Å². The van der Waals surface area contributed by atoms with Gasteiger partial charge in [-0.1, -0.05) is 5.21 Å². The number of aromatic nitrogens is 5. The molecule has 0 bridgehead atoms. The van der Waals surface area contributed by atoms with Crippen LogP contribution in [-0.4, -0.2) is 36.0 Å². The fraction of sp³-hybridized carbons (Fsp3) is 0.353. The number of fused-ring (bicyclic) bond motifs is 1. The van der Waals surface area contributed by atoms with Crippen molar-refractivity contribution >= 4 is 39.7 Å². The first-order chi connectivity index (χ1) is 12.1. The fourth-order valence-corrected chi connectivity index (χ4v) is 3.72. The summed E-state index contributed by atoms with van der Waals surface area (Å²) >= 11 is 2.26. The Labute approximate surface area is 157 Å². The van der Waals surface area contributed by atoms with Crippen LogP contribution in [0.15, 0.2) is 30.5 Å². The minimum absolute atomic E-state index is 0.229. The number of halogens is 1. The van der Waals surface area contributed by atoms with Crippen molar-refractivity contribution in [2.75, 3.05) is 0 Å². The summed E-state index contributed by atoms with van der Waals surface area (Å²) in [6.45, 7) is 0. The van der Waals surface area contributed by atoms with E-state index in [-0.39, 0.29) is 5.92 Å². The Morgan fingerprint density at radius 3 is 2.80 bits per heavy atom. The number of carboxylic acids is 1. The topological polar surface area (TPSA) is 93.8 Å². The summed E-state index contributed by atoms with van der Waals surface area (Å²) in [5.74, 6) is 0.117. The van der Waals surface area contributed by atoms with Crippen LogP contribution in [0.2, 0.25) is 0 Å². The van der Waals surface area contributed by atoms with E-state index in [1.54, 1.807) is 10.9 Å². The number of carboxylic acid groups (broad SMARTS) is 1. The van der Waals surface area contributed by atoms with E-state index in [4.69, 9.17) is 5.11 Å². The van der Waals surface area contributed by atoms with Crippen molar-refractivity contribution in [3.8, 4) is 5.69 Å². The maximum Gasteiger partial charge on any atom is 0.306 e. The molecule has 2 aromatic heterocycles. The number of hydrogen-bond acceptors (Lipinski definition) is 5. The minimum atomic E-state index is -0.695. The molecule has 4 rings (SSSR count). The van der Waals surface area contributed by atoms with Gasteiger partial charge in [-0.3, -0.25) is 4.79 Å². The first-order valence-electron chi connectivity index (χ1n) is 8.16. The molecule has 7 nitrogen and oxygen atoms in total. The smallest absolute Gasteiger partial charge is 0.306 e. The predicted octanol–water partition coefficient (Wildman–Crippen LogP) is 2.86. The van der Waals surface area contributed by atoms with E-state index in [1.807, 2.05) is 24.3 Å². The Morgan fingerprint density at radius 1 is 1.28 bits per heavy atom. The van der Waals surface area contributed by atoms with E-state index >= 15 is 0 Å². The highest BCUT2D eigenvalue weighted by Gasteiger charge is 2.30. The zero-order valence-electron chi connectivity index (χ0n) is 13.3. The number of nitrogens with zero attached hydrogens (tertiary/aromatic N) is 5. The Bertz CT molecular complexity index is 924. The number of carbonyl (C=O) groups is 1. The number of hydrogen-bond donors (Lipinski definition) is 1. The highest BCUT2D eigenvalue weighted by Crippen LogP contribution is 2.33. The van der Waals surface area contributed by atoms with Crippen LogP contribution < -0.4 is 0 Å². The van der Waals surface area contributed by atoms with Crippen LogP contribution in [0, 0.1) is 15.4 Å². The van der Waals surface area contributed by atoms with Crippen molar-refractivity contribution in [1.82, 2.24) is 25.0 Å². The molecule has 1 fully saturated rings. The molecule has 0 amide bonds. The number of aliphatic carboxylic acids is 1. The van der Waals surface area contributed by atoms with Gasteiger partial charge in [0.2, 0.25) is 0 Å². The number of benzene rings is 1. The molecule has 3 aromatic rings. The number of rotatable bonds is 4. The summed E-state index contributed by atoms with van der Waals surface area (Å²) in [6.07, 6.45) is 4.73. The van der Waals surface area contributed by atoms with Crippen LogP contribution in [0.4, 0.5) is 0 Å². The van der Waals surface area contributed by atoms with Gasteiger partial charge in [0.05, 0.1) is 17.8 Å². The van der Waals surface area contributed by atoms with Crippen LogP contribution >= 0.6 is 22.6 Å². The third-order valence-corrected chi connectivity index (χ3v) is 5.39. The van der Waals surface area contributed by atoms with Gasteiger partial charge in [0.25, 0.3) is 0 Å². The predicted molar refractivity (Wildman–Crippen MR) is 99.3 cm³/mol. The third kappa shape index (κ3) is 3.35. The summed E-state index contributed by atoms with van der Waals surface area (Å²) in [5.41, 5.74) is 2.23. The third-order valence-electron chi connectivity index (χ3n) is 4.68. The van der Waals surface area contributed by atoms with E-state index in [0.29, 0.717) is 29.9 Å². The summed E-state index contributed by atoms with van der Waals surface area (Å²) < 4.78 is 2.86. The molecule has 1 N–H and O–H groups in total. The Hall–Kier alpha value is -2.10. The van der Waals surface area contributed by atoms with Gasteiger partial charge in [0.15, 0.2) is 11.2 Å². The van der Waals surface area contributed by atoms with Crippen LogP contribution in [0.3, 0.4) is 0 Å².